The van der Waals surface area contributed by atoms with Crippen molar-refractivity contribution in [1.29, 1.82) is 0 Å². The summed E-state index contributed by atoms with van der Waals surface area (Å²) in [5.74, 6) is -0.165. The van der Waals surface area contributed by atoms with E-state index >= 15 is 0 Å². The summed E-state index contributed by atoms with van der Waals surface area (Å²) >= 11 is 0. The van der Waals surface area contributed by atoms with E-state index in [1.165, 1.54) is 12.1 Å². The first-order valence-corrected chi connectivity index (χ1v) is 10.7. The number of ketones is 1. The molecule has 2 heterocycles. The molecule has 9 heteroatoms. The van der Waals surface area contributed by atoms with Gasteiger partial charge in [0.15, 0.2) is 5.78 Å². The number of non-ortho nitro benzene ring substituents is 1. The second-order valence-corrected chi connectivity index (χ2v) is 7.94. The Labute approximate surface area is 186 Å². The van der Waals surface area contributed by atoms with Gasteiger partial charge in [0.25, 0.3) is 11.6 Å². The largest absolute Gasteiger partial charge is 0.378 e. The van der Waals surface area contributed by atoms with E-state index in [2.05, 4.69) is 4.90 Å². The minimum atomic E-state index is -0.470. The Morgan fingerprint density at radius 3 is 2.16 bits per heavy atom. The first-order chi connectivity index (χ1) is 15.4. The van der Waals surface area contributed by atoms with E-state index in [4.69, 9.17) is 4.74 Å². The maximum absolute atomic E-state index is 13.4. The van der Waals surface area contributed by atoms with Gasteiger partial charge in [0.2, 0.25) is 0 Å². The second-order valence-electron chi connectivity index (χ2n) is 7.94. The first-order valence-electron chi connectivity index (χ1n) is 10.7. The van der Waals surface area contributed by atoms with Gasteiger partial charge >= 0.3 is 0 Å². The number of carbonyl (C=O) groups is 2. The average Bonchev–Trinajstić information content (AvgIpc) is 2.84. The number of morpholine rings is 1. The molecule has 0 saturated carbocycles. The topological polar surface area (TPSA) is 96.2 Å². The van der Waals surface area contributed by atoms with Crippen LogP contribution in [-0.2, 0) is 4.74 Å². The highest BCUT2D eigenvalue weighted by Crippen LogP contribution is 2.28. The summed E-state index contributed by atoms with van der Waals surface area (Å²) in [5, 5.41) is 11.3. The maximum atomic E-state index is 13.4. The molecule has 0 N–H and O–H groups in total. The lowest BCUT2D eigenvalue weighted by Crippen LogP contribution is -2.49. The predicted octanol–water partition coefficient (Wildman–Crippen LogP) is 2.60. The molecule has 2 aromatic carbocycles. The second kappa shape index (κ2) is 9.35. The molecule has 1 amide bonds. The maximum Gasteiger partial charge on any atom is 0.270 e. The van der Waals surface area contributed by atoms with Gasteiger partial charge in [0.1, 0.15) is 0 Å². The van der Waals surface area contributed by atoms with Gasteiger partial charge in [-0.25, -0.2) is 0 Å². The number of nitrogens with zero attached hydrogens (tertiary/aromatic N) is 4. The van der Waals surface area contributed by atoms with Crippen LogP contribution in [0.3, 0.4) is 0 Å². The summed E-state index contributed by atoms with van der Waals surface area (Å²) in [5.41, 5.74) is 2.66. The Morgan fingerprint density at radius 2 is 1.56 bits per heavy atom. The van der Waals surface area contributed by atoms with Crippen LogP contribution in [0.5, 0.6) is 0 Å². The quantitative estimate of drug-likeness (QED) is 0.402. The zero-order chi connectivity index (χ0) is 22.7. The minimum absolute atomic E-state index is 0.0278. The molecule has 2 aliphatic rings. The fraction of sp³-hybridized carbons (Fsp3) is 0.391. The highest BCUT2D eigenvalue weighted by Gasteiger charge is 2.28. The lowest BCUT2D eigenvalue weighted by Gasteiger charge is -2.37. The molecule has 0 atom stereocenters. The number of nitro groups is 1. The van der Waals surface area contributed by atoms with Gasteiger partial charge in [-0.1, -0.05) is 0 Å². The van der Waals surface area contributed by atoms with Crippen LogP contribution in [0.1, 0.15) is 27.6 Å². The van der Waals surface area contributed by atoms with E-state index in [9.17, 15) is 19.7 Å². The number of rotatable bonds is 5. The number of ether oxygens (including phenoxy) is 1. The third-order valence-corrected chi connectivity index (χ3v) is 5.98. The molecule has 0 unspecified atom stereocenters. The lowest BCUT2D eigenvalue weighted by atomic mass is 10.1. The summed E-state index contributed by atoms with van der Waals surface area (Å²) in [6.45, 7) is 6.26. The number of hydrogen-bond acceptors (Lipinski definition) is 7. The SMILES string of the molecule is CC(=O)c1ccc(N2CCN(C(=O)c3cc([N+](=O)[O-])ccc3N3CCOCC3)CC2)cc1. The number of carbonyl (C=O) groups excluding carboxylic acids is 2. The standard InChI is InChI=1S/C23H26N4O5/c1-17(28)18-2-4-19(5-3-18)24-8-10-26(11-9-24)23(29)21-16-20(27(30)31)6-7-22(21)25-12-14-32-15-13-25/h2-7,16H,8-15H2,1H3. The molecule has 2 fully saturated rings. The van der Waals surface area contributed by atoms with Crippen LogP contribution in [0.15, 0.2) is 42.5 Å². The van der Waals surface area contributed by atoms with Crippen molar-refractivity contribution in [2.75, 3.05) is 62.3 Å². The summed E-state index contributed by atoms with van der Waals surface area (Å²) < 4.78 is 5.40. The Balaban J connectivity index is 1.50. The van der Waals surface area contributed by atoms with Gasteiger partial charge in [0.05, 0.1) is 29.4 Å². The van der Waals surface area contributed by atoms with Crippen molar-refractivity contribution >= 4 is 28.8 Å². The normalized spacial score (nSPS) is 16.7. The number of Topliss-reactive ketones (excluding diaryl/α,β-unsaturated/α-hetero) is 1. The van der Waals surface area contributed by atoms with Gasteiger partial charge in [-0.2, -0.15) is 0 Å². The molecule has 2 saturated heterocycles. The van der Waals surface area contributed by atoms with Crippen LogP contribution in [0.2, 0.25) is 0 Å². The van der Waals surface area contributed by atoms with Gasteiger partial charge in [-0.15, -0.1) is 0 Å². The Bertz CT molecular complexity index is 1010. The number of nitro benzene ring substituents is 1. The molecule has 168 valence electrons. The van der Waals surface area contributed by atoms with Crippen molar-refractivity contribution in [3.8, 4) is 0 Å². The number of hydrogen-bond donors (Lipinski definition) is 0. The first kappa shape index (κ1) is 21.8. The predicted molar refractivity (Wildman–Crippen MR) is 121 cm³/mol. The molecule has 4 rings (SSSR count). The van der Waals surface area contributed by atoms with Crippen LogP contribution in [0.25, 0.3) is 0 Å². The van der Waals surface area contributed by atoms with Crippen molar-refractivity contribution in [3.63, 3.8) is 0 Å². The van der Waals surface area contributed by atoms with E-state index in [0.717, 1.165) is 5.69 Å². The molecule has 0 bridgehead atoms. The van der Waals surface area contributed by atoms with Crippen molar-refractivity contribution in [1.82, 2.24) is 4.90 Å². The fourth-order valence-electron chi connectivity index (χ4n) is 4.13. The highest BCUT2D eigenvalue weighted by atomic mass is 16.6. The van der Waals surface area contributed by atoms with E-state index in [-0.39, 0.29) is 17.4 Å². The van der Waals surface area contributed by atoms with Crippen molar-refractivity contribution < 1.29 is 19.2 Å². The Morgan fingerprint density at radius 1 is 0.906 bits per heavy atom. The number of amides is 1. The van der Waals surface area contributed by atoms with E-state index in [0.29, 0.717) is 69.3 Å². The highest BCUT2D eigenvalue weighted by molar-refractivity contribution is 6.00. The zero-order valence-electron chi connectivity index (χ0n) is 18.0. The Kier molecular flexibility index (Phi) is 6.36. The van der Waals surface area contributed by atoms with Crippen molar-refractivity contribution in [2.24, 2.45) is 0 Å². The molecule has 0 aliphatic carbocycles. The third-order valence-electron chi connectivity index (χ3n) is 5.98. The van der Waals surface area contributed by atoms with Gasteiger partial charge in [-0.3, -0.25) is 19.7 Å². The van der Waals surface area contributed by atoms with Crippen LogP contribution < -0.4 is 9.80 Å². The molecular weight excluding hydrogens is 412 g/mol. The Hall–Kier alpha value is -3.46. The molecule has 2 aromatic rings. The molecule has 2 aliphatic heterocycles. The summed E-state index contributed by atoms with van der Waals surface area (Å²) in [4.78, 5) is 41.7. The fourth-order valence-corrected chi connectivity index (χ4v) is 4.13. The zero-order valence-corrected chi connectivity index (χ0v) is 18.0. The van der Waals surface area contributed by atoms with Crippen molar-refractivity contribution in [3.05, 3.63) is 63.7 Å². The van der Waals surface area contributed by atoms with Gasteiger partial charge in [-0.05, 0) is 37.3 Å². The molecule has 0 spiro atoms. The number of piperazine rings is 1. The van der Waals surface area contributed by atoms with E-state index in [1.54, 1.807) is 17.9 Å². The average molecular weight is 438 g/mol. The summed E-state index contributed by atoms with van der Waals surface area (Å²) in [7, 11) is 0. The lowest BCUT2D eigenvalue weighted by molar-refractivity contribution is -0.384. The van der Waals surface area contributed by atoms with Crippen LogP contribution >= 0.6 is 0 Å². The van der Waals surface area contributed by atoms with Gasteiger partial charge in [0, 0.05) is 62.7 Å². The molecule has 0 aromatic heterocycles. The molecule has 9 nitrogen and oxygen atoms in total. The molecular formula is C23H26N4O5. The summed E-state index contributed by atoms with van der Waals surface area (Å²) in [6, 6.07) is 12.0. The monoisotopic (exact) mass is 438 g/mol. The van der Waals surface area contributed by atoms with Crippen LogP contribution in [0, 0.1) is 10.1 Å². The minimum Gasteiger partial charge on any atom is -0.378 e. The van der Waals surface area contributed by atoms with Crippen LogP contribution in [-0.4, -0.2) is 74.0 Å². The number of anilines is 2. The molecule has 32 heavy (non-hydrogen) atoms. The van der Waals surface area contributed by atoms with E-state index < -0.39 is 4.92 Å². The smallest absolute Gasteiger partial charge is 0.270 e. The van der Waals surface area contributed by atoms with E-state index in [1.807, 2.05) is 29.2 Å². The summed E-state index contributed by atoms with van der Waals surface area (Å²) in [6.07, 6.45) is 0. The van der Waals surface area contributed by atoms with Crippen LogP contribution in [0.4, 0.5) is 17.1 Å². The van der Waals surface area contributed by atoms with Crippen molar-refractivity contribution in [2.45, 2.75) is 6.92 Å². The number of benzene rings is 2. The van der Waals surface area contributed by atoms with Gasteiger partial charge < -0.3 is 19.4 Å². The third kappa shape index (κ3) is 4.57. The molecule has 0 radical (unpaired) electrons.